The Morgan fingerprint density at radius 3 is 2.42 bits per heavy atom. The summed E-state index contributed by atoms with van der Waals surface area (Å²) >= 11 is 3.42. The first-order valence-electron chi connectivity index (χ1n) is 6.32. The van der Waals surface area contributed by atoms with Gasteiger partial charge >= 0.3 is 0 Å². The van der Waals surface area contributed by atoms with E-state index in [0.717, 1.165) is 34.9 Å². The average Bonchev–Trinajstić information content (AvgIpc) is 2.43. The normalized spacial score (nSPS) is 10.3. The summed E-state index contributed by atoms with van der Waals surface area (Å²) in [6.45, 7) is 6.11. The predicted molar refractivity (Wildman–Crippen MR) is 83.0 cm³/mol. The lowest BCUT2D eigenvalue weighted by Crippen LogP contribution is -2.23. The minimum atomic E-state index is 0.805. The summed E-state index contributed by atoms with van der Waals surface area (Å²) in [5.41, 5.74) is 1.01. The van der Waals surface area contributed by atoms with Crippen LogP contribution in [0.3, 0.4) is 0 Å². The van der Waals surface area contributed by atoms with Crippen molar-refractivity contribution in [2.24, 2.45) is 0 Å². The molecule has 0 amide bonds. The van der Waals surface area contributed by atoms with Crippen molar-refractivity contribution >= 4 is 33.3 Å². The van der Waals surface area contributed by atoms with Crippen LogP contribution in [0.1, 0.15) is 13.8 Å². The molecule has 0 aliphatic carbocycles. The summed E-state index contributed by atoms with van der Waals surface area (Å²) in [5.74, 6) is 1.75. The Hall–Kier alpha value is -1.62. The van der Waals surface area contributed by atoms with E-state index in [-0.39, 0.29) is 0 Å². The maximum atomic E-state index is 4.30. The Balaban J connectivity index is 2.17. The molecule has 0 spiro atoms. The van der Waals surface area contributed by atoms with E-state index in [9.17, 15) is 0 Å². The molecule has 19 heavy (non-hydrogen) atoms. The van der Waals surface area contributed by atoms with Crippen LogP contribution in [0, 0.1) is 0 Å². The number of hydrogen-bond acceptors (Lipinski definition) is 4. The molecular formula is C14H17BrN4. The molecule has 0 saturated heterocycles. The second-order valence-electron chi connectivity index (χ2n) is 4.07. The van der Waals surface area contributed by atoms with Crippen LogP contribution in [0.2, 0.25) is 0 Å². The molecule has 0 aliphatic rings. The van der Waals surface area contributed by atoms with Gasteiger partial charge in [-0.15, -0.1) is 0 Å². The van der Waals surface area contributed by atoms with Gasteiger partial charge in [0.1, 0.15) is 18.0 Å². The van der Waals surface area contributed by atoms with Crippen LogP contribution >= 0.6 is 15.9 Å². The summed E-state index contributed by atoms with van der Waals surface area (Å²) in [6.07, 6.45) is 1.59. The zero-order chi connectivity index (χ0) is 13.7. The fourth-order valence-corrected chi connectivity index (χ4v) is 2.08. The molecule has 0 fully saturated rings. The topological polar surface area (TPSA) is 41.0 Å². The summed E-state index contributed by atoms with van der Waals surface area (Å²) in [4.78, 5) is 10.7. The van der Waals surface area contributed by atoms with Gasteiger partial charge in [-0.25, -0.2) is 9.97 Å². The SMILES string of the molecule is CCN(CC)c1cc(Nc2ccc(Br)cc2)ncn1. The van der Waals surface area contributed by atoms with Gasteiger partial charge in [0.05, 0.1) is 0 Å². The molecule has 2 rings (SSSR count). The fourth-order valence-electron chi connectivity index (χ4n) is 1.82. The highest BCUT2D eigenvalue weighted by molar-refractivity contribution is 9.10. The summed E-state index contributed by atoms with van der Waals surface area (Å²) in [5, 5.41) is 3.28. The van der Waals surface area contributed by atoms with Crippen molar-refractivity contribution in [3.05, 3.63) is 41.1 Å². The van der Waals surface area contributed by atoms with Crippen LogP contribution < -0.4 is 10.2 Å². The van der Waals surface area contributed by atoms with Crippen LogP contribution in [-0.4, -0.2) is 23.1 Å². The van der Waals surface area contributed by atoms with Crippen LogP contribution in [0.5, 0.6) is 0 Å². The van der Waals surface area contributed by atoms with Gasteiger partial charge in [0.2, 0.25) is 0 Å². The van der Waals surface area contributed by atoms with Gasteiger partial charge in [0.15, 0.2) is 0 Å². The molecule has 2 aromatic rings. The van der Waals surface area contributed by atoms with E-state index in [4.69, 9.17) is 0 Å². The van der Waals surface area contributed by atoms with Crippen molar-refractivity contribution in [2.45, 2.75) is 13.8 Å². The third-order valence-electron chi connectivity index (χ3n) is 2.86. The van der Waals surface area contributed by atoms with Crippen LogP contribution in [0.15, 0.2) is 41.1 Å². The van der Waals surface area contributed by atoms with Crippen LogP contribution in [0.25, 0.3) is 0 Å². The Morgan fingerprint density at radius 2 is 1.79 bits per heavy atom. The summed E-state index contributed by atoms with van der Waals surface area (Å²) in [6, 6.07) is 9.96. The van der Waals surface area contributed by atoms with Gasteiger partial charge in [-0.1, -0.05) is 15.9 Å². The molecule has 0 unspecified atom stereocenters. The van der Waals surface area contributed by atoms with Crippen molar-refractivity contribution in [3.63, 3.8) is 0 Å². The lowest BCUT2D eigenvalue weighted by Gasteiger charge is -2.19. The van der Waals surface area contributed by atoms with Gasteiger partial charge in [0.25, 0.3) is 0 Å². The first-order chi connectivity index (χ1) is 9.22. The number of rotatable bonds is 5. The second kappa shape index (κ2) is 6.52. The third kappa shape index (κ3) is 3.67. The quantitative estimate of drug-likeness (QED) is 0.909. The highest BCUT2D eigenvalue weighted by atomic mass is 79.9. The molecule has 0 saturated carbocycles. The first-order valence-corrected chi connectivity index (χ1v) is 7.11. The number of nitrogens with zero attached hydrogens (tertiary/aromatic N) is 3. The fraction of sp³-hybridized carbons (Fsp3) is 0.286. The molecule has 0 atom stereocenters. The van der Waals surface area contributed by atoms with Crippen LogP contribution in [0.4, 0.5) is 17.3 Å². The monoisotopic (exact) mass is 320 g/mol. The molecule has 100 valence electrons. The van der Waals surface area contributed by atoms with Crippen molar-refractivity contribution in [2.75, 3.05) is 23.3 Å². The Labute approximate surface area is 122 Å². The lowest BCUT2D eigenvalue weighted by atomic mass is 10.3. The van der Waals surface area contributed by atoms with E-state index in [0.29, 0.717) is 0 Å². The first kappa shape index (κ1) is 13.8. The lowest BCUT2D eigenvalue weighted by molar-refractivity contribution is 0.842. The van der Waals surface area contributed by atoms with E-state index in [2.05, 4.69) is 50.0 Å². The van der Waals surface area contributed by atoms with Crippen molar-refractivity contribution < 1.29 is 0 Å². The summed E-state index contributed by atoms with van der Waals surface area (Å²) < 4.78 is 1.06. The van der Waals surface area contributed by atoms with E-state index >= 15 is 0 Å². The molecule has 5 heteroatoms. The van der Waals surface area contributed by atoms with Gasteiger partial charge in [-0.05, 0) is 38.1 Å². The molecule has 1 heterocycles. The molecule has 0 aliphatic heterocycles. The van der Waals surface area contributed by atoms with Gasteiger partial charge < -0.3 is 10.2 Å². The molecule has 0 bridgehead atoms. The standard InChI is InChI=1S/C14H17BrN4/c1-3-19(4-2)14-9-13(16-10-17-14)18-12-7-5-11(15)6-8-12/h5-10H,3-4H2,1-2H3,(H,16,17,18). The number of hydrogen-bond donors (Lipinski definition) is 1. The molecule has 4 nitrogen and oxygen atoms in total. The van der Waals surface area contributed by atoms with Crippen LogP contribution in [-0.2, 0) is 0 Å². The zero-order valence-electron chi connectivity index (χ0n) is 11.1. The summed E-state index contributed by atoms with van der Waals surface area (Å²) in [7, 11) is 0. The number of aromatic nitrogens is 2. The van der Waals surface area contributed by atoms with Crippen molar-refractivity contribution in [1.29, 1.82) is 0 Å². The largest absolute Gasteiger partial charge is 0.357 e. The van der Waals surface area contributed by atoms with Gasteiger partial charge in [0, 0.05) is 29.3 Å². The van der Waals surface area contributed by atoms with E-state index < -0.39 is 0 Å². The van der Waals surface area contributed by atoms with E-state index in [1.165, 1.54) is 0 Å². The predicted octanol–water partition coefficient (Wildman–Crippen LogP) is 3.83. The molecular weight excluding hydrogens is 304 g/mol. The molecule has 1 N–H and O–H groups in total. The Kier molecular flexibility index (Phi) is 4.74. The van der Waals surface area contributed by atoms with Crippen molar-refractivity contribution in [1.82, 2.24) is 9.97 Å². The zero-order valence-corrected chi connectivity index (χ0v) is 12.7. The van der Waals surface area contributed by atoms with E-state index in [1.54, 1.807) is 6.33 Å². The minimum absolute atomic E-state index is 0.805. The number of anilines is 3. The molecule has 0 radical (unpaired) electrons. The minimum Gasteiger partial charge on any atom is -0.357 e. The highest BCUT2D eigenvalue weighted by Crippen LogP contribution is 2.20. The number of nitrogens with one attached hydrogen (secondary N) is 1. The molecule has 1 aromatic heterocycles. The maximum absolute atomic E-state index is 4.30. The third-order valence-corrected chi connectivity index (χ3v) is 3.39. The van der Waals surface area contributed by atoms with Crippen molar-refractivity contribution in [3.8, 4) is 0 Å². The average molecular weight is 321 g/mol. The Morgan fingerprint density at radius 1 is 1.11 bits per heavy atom. The number of benzene rings is 1. The van der Waals surface area contributed by atoms with E-state index in [1.807, 2.05) is 30.3 Å². The Bertz CT molecular complexity index is 523. The smallest absolute Gasteiger partial charge is 0.135 e. The van der Waals surface area contributed by atoms with Gasteiger partial charge in [-0.2, -0.15) is 0 Å². The second-order valence-corrected chi connectivity index (χ2v) is 4.98. The highest BCUT2D eigenvalue weighted by Gasteiger charge is 2.05. The molecule has 1 aromatic carbocycles. The maximum Gasteiger partial charge on any atom is 0.135 e. The van der Waals surface area contributed by atoms with Gasteiger partial charge in [-0.3, -0.25) is 0 Å². The number of halogens is 1.